The van der Waals surface area contributed by atoms with E-state index >= 15 is 0 Å². The molecule has 0 spiro atoms. The number of aromatic nitrogens is 6. The van der Waals surface area contributed by atoms with Gasteiger partial charge in [-0.15, -0.1) is 0 Å². The third-order valence-corrected chi connectivity index (χ3v) is 6.34. The van der Waals surface area contributed by atoms with Crippen LogP contribution in [0.2, 0.25) is 0 Å². The highest BCUT2D eigenvalue weighted by Crippen LogP contribution is 2.55. The van der Waals surface area contributed by atoms with Crippen LogP contribution in [0.3, 0.4) is 0 Å². The zero-order valence-electron chi connectivity index (χ0n) is 16.7. The van der Waals surface area contributed by atoms with Gasteiger partial charge >= 0.3 is 10.3 Å². The fraction of sp³-hybridized carbons (Fsp3) is 0.263. The first-order chi connectivity index (χ1) is 15.8. The van der Waals surface area contributed by atoms with E-state index in [9.17, 15) is 18.6 Å². The average molecular weight is 471 g/mol. The maximum atomic E-state index is 11.2. The van der Waals surface area contributed by atoms with Crippen LogP contribution >= 0.6 is 0 Å². The molecule has 1 unspecified atom stereocenters. The molecule has 1 aromatic carbocycles. The van der Waals surface area contributed by atoms with Crippen molar-refractivity contribution in [2.45, 2.75) is 30.1 Å². The lowest BCUT2D eigenvalue weighted by Gasteiger charge is -2.23. The minimum atomic E-state index is -4.32. The monoisotopic (exact) mass is 471 g/mol. The Morgan fingerprint density at radius 2 is 2.06 bits per heavy atom. The number of nitrogens with zero attached hydrogens (tertiary/aromatic N) is 6. The van der Waals surface area contributed by atoms with Crippen molar-refractivity contribution in [3.8, 4) is 16.9 Å². The van der Waals surface area contributed by atoms with Crippen LogP contribution in [0.5, 0.6) is 0 Å². The number of aliphatic hydroxyl groups is 2. The van der Waals surface area contributed by atoms with E-state index in [2.05, 4.69) is 24.2 Å². The standard InChI is InChI=1S/C19H17N7O6S/c20-33(29,30)32-16-15-19(16,28)14(27)18(31-15)25-9-23-13-12(21-8-22-17(13)25)10-3-1-4-11(7-10)26-6-2-5-24-26/h1-9,14-16,18,27-28H,(H2,20,29,30)/t14-,15+,16?,18+,19-/m0/s1. The largest absolute Gasteiger partial charge is 0.385 e. The normalized spacial score (nSPS) is 28.8. The van der Waals surface area contributed by atoms with Crippen LogP contribution in [0, 0.1) is 0 Å². The van der Waals surface area contributed by atoms with Crippen LogP contribution in [-0.4, -0.2) is 71.8 Å². The van der Waals surface area contributed by atoms with Crippen LogP contribution in [0.1, 0.15) is 6.23 Å². The molecule has 2 fully saturated rings. The van der Waals surface area contributed by atoms with Gasteiger partial charge in [0, 0.05) is 18.0 Å². The Balaban J connectivity index is 1.35. The first-order valence-corrected chi connectivity index (χ1v) is 11.3. The molecule has 2 aliphatic rings. The SMILES string of the molecule is NS(=O)(=O)OC1[C@H]2O[C@@H](n3cnc4c(-c5cccc(-n6cccn6)c5)ncnc43)[C@H](O)[C@@]12O. The van der Waals surface area contributed by atoms with E-state index in [4.69, 9.17) is 9.88 Å². The molecule has 6 rings (SSSR count). The molecule has 4 heterocycles. The lowest BCUT2D eigenvalue weighted by Crippen LogP contribution is -2.38. The summed E-state index contributed by atoms with van der Waals surface area (Å²) in [7, 11) is -4.32. The van der Waals surface area contributed by atoms with E-state index in [0.29, 0.717) is 16.9 Å². The topological polar surface area (TPSA) is 180 Å². The molecule has 1 aliphatic heterocycles. The van der Waals surface area contributed by atoms with Crippen molar-refractivity contribution in [1.82, 2.24) is 29.3 Å². The summed E-state index contributed by atoms with van der Waals surface area (Å²) in [5.74, 6) is 0. The number of aliphatic hydroxyl groups excluding tert-OH is 1. The number of rotatable bonds is 5. The first kappa shape index (κ1) is 20.3. The van der Waals surface area contributed by atoms with Crippen LogP contribution in [0.4, 0.5) is 0 Å². The summed E-state index contributed by atoms with van der Waals surface area (Å²) in [4.78, 5) is 13.1. The molecule has 33 heavy (non-hydrogen) atoms. The smallest absolute Gasteiger partial charge is 0.333 e. The minimum absolute atomic E-state index is 0.363. The zero-order valence-corrected chi connectivity index (χ0v) is 17.5. The van der Waals surface area contributed by atoms with Crippen LogP contribution < -0.4 is 5.14 Å². The van der Waals surface area contributed by atoms with Gasteiger partial charge in [-0.05, 0) is 18.2 Å². The number of hydrogen-bond acceptors (Lipinski definition) is 10. The van der Waals surface area contributed by atoms with E-state index in [1.807, 2.05) is 36.5 Å². The van der Waals surface area contributed by atoms with Crippen molar-refractivity contribution in [2.24, 2.45) is 5.14 Å². The molecule has 1 saturated carbocycles. The summed E-state index contributed by atoms with van der Waals surface area (Å²) in [5, 5.41) is 30.5. The second-order valence-corrected chi connectivity index (χ2v) is 9.01. The van der Waals surface area contributed by atoms with E-state index in [0.717, 1.165) is 11.3 Å². The molecular weight excluding hydrogens is 454 g/mol. The number of imidazole rings is 1. The molecule has 0 bridgehead atoms. The van der Waals surface area contributed by atoms with Gasteiger partial charge in [-0.3, -0.25) is 4.57 Å². The highest BCUT2D eigenvalue weighted by molar-refractivity contribution is 7.84. The molecule has 0 amide bonds. The molecule has 4 aromatic rings. The van der Waals surface area contributed by atoms with E-state index in [1.54, 1.807) is 10.9 Å². The van der Waals surface area contributed by atoms with Gasteiger partial charge in [-0.25, -0.2) is 29.0 Å². The highest BCUT2D eigenvalue weighted by Gasteiger charge is 2.79. The van der Waals surface area contributed by atoms with Crippen molar-refractivity contribution < 1.29 is 27.6 Å². The lowest BCUT2D eigenvalue weighted by molar-refractivity contribution is -0.0888. The summed E-state index contributed by atoms with van der Waals surface area (Å²) in [6.45, 7) is 0. The number of nitrogens with two attached hydrogens (primary N) is 1. The number of hydrogen-bond donors (Lipinski definition) is 3. The molecule has 5 atom stereocenters. The van der Waals surface area contributed by atoms with Crippen LogP contribution in [-0.2, 0) is 19.2 Å². The molecule has 1 aliphatic carbocycles. The minimum Gasteiger partial charge on any atom is -0.385 e. The van der Waals surface area contributed by atoms with Gasteiger partial charge in [0.2, 0.25) is 0 Å². The Morgan fingerprint density at radius 3 is 2.76 bits per heavy atom. The second-order valence-electron chi connectivity index (χ2n) is 7.84. The number of fused-ring (bicyclic) bond motifs is 2. The van der Waals surface area contributed by atoms with Gasteiger partial charge in [-0.2, -0.15) is 13.5 Å². The van der Waals surface area contributed by atoms with Crippen LogP contribution in [0.25, 0.3) is 28.1 Å². The highest BCUT2D eigenvalue weighted by atomic mass is 32.2. The molecule has 13 nitrogen and oxygen atoms in total. The summed E-state index contributed by atoms with van der Waals surface area (Å²) in [6, 6.07) is 9.38. The second kappa shape index (κ2) is 6.86. The number of ether oxygens (including phenoxy) is 1. The Kier molecular flexibility index (Phi) is 4.23. The van der Waals surface area contributed by atoms with Gasteiger partial charge in [0.25, 0.3) is 0 Å². The quantitative estimate of drug-likeness (QED) is 0.336. The predicted molar refractivity (Wildman–Crippen MR) is 111 cm³/mol. The molecule has 14 heteroatoms. The first-order valence-electron chi connectivity index (χ1n) is 9.82. The Hall–Kier alpha value is -3.27. The summed E-state index contributed by atoms with van der Waals surface area (Å²) in [5.41, 5.74) is 1.07. The summed E-state index contributed by atoms with van der Waals surface area (Å²) < 4.78 is 35.9. The molecule has 3 aromatic heterocycles. The Labute approximate surface area is 186 Å². The molecule has 170 valence electrons. The van der Waals surface area contributed by atoms with E-state index in [-0.39, 0.29) is 0 Å². The molecule has 4 N–H and O–H groups in total. The van der Waals surface area contributed by atoms with Crippen molar-refractivity contribution in [2.75, 3.05) is 0 Å². The summed E-state index contributed by atoms with van der Waals surface area (Å²) in [6.07, 6.45) is 1.35. The molecule has 0 radical (unpaired) electrons. The van der Waals surface area contributed by atoms with Gasteiger partial charge in [0.1, 0.15) is 35.8 Å². The maximum Gasteiger partial charge on any atom is 0.333 e. The maximum absolute atomic E-state index is 11.2. The zero-order chi connectivity index (χ0) is 23.0. The predicted octanol–water partition coefficient (Wildman–Crippen LogP) is -0.729. The van der Waals surface area contributed by atoms with Crippen molar-refractivity contribution >= 4 is 21.5 Å². The average Bonchev–Trinajstić information content (AvgIpc) is 3.30. The number of benzene rings is 1. The van der Waals surface area contributed by atoms with Crippen molar-refractivity contribution in [1.29, 1.82) is 0 Å². The van der Waals surface area contributed by atoms with E-state index in [1.165, 1.54) is 17.2 Å². The van der Waals surface area contributed by atoms with Crippen molar-refractivity contribution in [3.05, 3.63) is 55.4 Å². The van der Waals surface area contributed by atoms with Gasteiger partial charge in [-0.1, -0.05) is 12.1 Å². The summed E-state index contributed by atoms with van der Waals surface area (Å²) >= 11 is 0. The third kappa shape index (κ3) is 3.07. The Morgan fingerprint density at radius 1 is 1.21 bits per heavy atom. The van der Waals surface area contributed by atoms with E-state index < -0.39 is 40.4 Å². The van der Waals surface area contributed by atoms with Crippen LogP contribution in [0.15, 0.2) is 55.4 Å². The van der Waals surface area contributed by atoms with Gasteiger partial charge in [0.05, 0.1) is 12.0 Å². The Bertz CT molecular complexity index is 1470. The van der Waals surface area contributed by atoms with Crippen molar-refractivity contribution in [3.63, 3.8) is 0 Å². The van der Waals surface area contributed by atoms with Gasteiger partial charge < -0.3 is 14.9 Å². The fourth-order valence-corrected chi connectivity index (χ4v) is 4.80. The third-order valence-electron chi connectivity index (χ3n) is 5.87. The molecule has 1 saturated heterocycles. The lowest BCUT2D eigenvalue weighted by atomic mass is 10.1. The van der Waals surface area contributed by atoms with Gasteiger partial charge in [0.15, 0.2) is 17.5 Å². The molecular formula is C19H17N7O6S. The fourth-order valence-electron chi connectivity index (χ4n) is 4.26.